The minimum Gasteiger partial charge on any atom is -0.793 e. The largest absolute Gasteiger partial charge is 2.00 e. The van der Waals surface area contributed by atoms with Crippen molar-refractivity contribution in [3.63, 3.8) is 0 Å². The van der Waals surface area contributed by atoms with Crippen molar-refractivity contribution < 1.29 is 19.4 Å². The van der Waals surface area contributed by atoms with Gasteiger partial charge in [-0.1, -0.05) is 158 Å². The second-order valence-corrected chi connectivity index (χ2v) is 9.70. The number of carbonyl (C=O) groups is 2. The van der Waals surface area contributed by atoms with Crippen LogP contribution in [0.1, 0.15) is 150 Å². The van der Waals surface area contributed by atoms with Crippen LogP contribution >= 0.6 is 0 Å². The Labute approximate surface area is 261 Å². The number of unbranched alkanes of at least 4 members (excludes halogenated alkanes) is 12. The van der Waals surface area contributed by atoms with Gasteiger partial charge in [0.2, 0.25) is 0 Å². The molecule has 0 aromatic carbocycles. The van der Waals surface area contributed by atoms with E-state index >= 15 is 0 Å². The summed E-state index contributed by atoms with van der Waals surface area (Å²) in [6.45, 7) is 18.2. The third-order valence-corrected chi connectivity index (χ3v) is 5.85. The Kier molecular flexibility index (Phi) is 58.5. The maximum absolute atomic E-state index is 11.0. The van der Waals surface area contributed by atoms with Gasteiger partial charge < -0.3 is 27.3 Å². The van der Waals surface area contributed by atoms with E-state index in [0.717, 1.165) is 50.4 Å². The van der Waals surface area contributed by atoms with Crippen LogP contribution in [-0.2, 0) is 27.0 Å². The second-order valence-electron chi connectivity index (χ2n) is 9.29. The molecule has 0 amide bonds. The van der Waals surface area contributed by atoms with E-state index in [1.807, 2.05) is 6.92 Å². The maximum atomic E-state index is 11.0. The van der Waals surface area contributed by atoms with Gasteiger partial charge in [-0.2, -0.15) is 5.75 Å². The van der Waals surface area contributed by atoms with E-state index in [0.29, 0.717) is 18.6 Å². The molecular weight excluding hydrogens is 599 g/mol. The second kappa shape index (κ2) is 46.7. The molecule has 0 aliphatic rings. The Morgan fingerprint density at radius 3 is 1.50 bits per heavy atom. The zero-order valence-corrected chi connectivity index (χ0v) is 29.5. The van der Waals surface area contributed by atoms with Gasteiger partial charge in [0.25, 0.3) is 0 Å². The predicted molar refractivity (Wildman–Crippen MR) is 169 cm³/mol. The summed E-state index contributed by atoms with van der Waals surface area (Å²) in [6, 6.07) is 0. The van der Waals surface area contributed by atoms with E-state index < -0.39 is 11.9 Å². The van der Waals surface area contributed by atoms with Crippen molar-refractivity contribution in [1.82, 2.24) is 0 Å². The summed E-state index contributed by atoms with van der Waals surface area (Å²) in [4.78, 5) is 21.1. The van der Waals surface area contributed by atoms with E-state index in [-0.39, 0.29) is 23.9 Å². The number of carboxylic acid groups (broad SMARTS) is 1. The van der Waals surface area contributed by atoms with Crippen LogP contribution in [0.3, 0.4) is 0 Å². The number of carbonyl (C=O) groups excluding carboxylic acids is 2. The summed E-state index contributed by atoms with van der Waals surface area (Å²) >= 11 is 4.90. The van der Waals surface area contributed by atoms with Crippen molar-refractivity contribution >= 4 is 48.5 Å². The number of hydrogen-bond donors (Lipinski definition) is 0. The fourth-order valence-corrected chi connectivity index (χ4v) is 3.08. The first kappa shape index (κ1) is 47.6. The molecular formula is C32H62O4SSn. The van der Waals surface area contributed by atoms with Crippen LogP contribution in [0, 0.1) is 19.8 Å². The van der Waals surface area contributed by atoms with Crippen LogP contribution in [0.15, 0.2) is 12.2 Å². The van der Waals surface area contributed by atoms with Crippen molar-refractivity contribution in [3.8, 4) is 0 Å². The molecule has 0 fully saturated rings. The van der Waals surface area contributed by atoms with Gasteiger partial charge in [-0.15, -0.1) is 0 Å². The normalized spacial score (nSPS) is 10.5. The number of carboxylic acids is 1. The van der Waals surface area contributed by atoms with Crippen LogP contribution in [0.5, 0.6) is 0 Å². The molecule has 0 N–H and O–H groups in total. The molecule has 224 valence electrons. The van der Waals surface area contributed by atoms with Crippen molar-refractivity contribution in [1.29, 1.82) is 0 Å². The molecule has 38 heavy (non-hydrogen) atoms. The molecule has 1 unspecified atom stereocenters. The molecule has 0 saturated heterocycles. The van der Waals surface area contributed by atoms with Gasteiger partial charge >= 0.3 is 29.9 Å². The zero-order valence-electron chi connectivity index (χ0n) is 25.8. The molecule has 0 saturated carbocycles. The molecule has 0 aromatic rings. The van der Waals surface area contributed by atoms with Crippen LogP contribution in [0.25, 0.3) is 0 Å². The summed E-state index contributed by atoms with van der Waals surface area (Å²) in [6.07, 6.45) is 24.4. The van der Waals surface area contributed by atoms with Crippen LogP contribution in [0.2, 0.25) is 0 Å². The Morgan fingerprint density at radius 1 is 0.737 bits per heavy atom. The van der Waals surface area contributed by atoms with Crippen LogP contribution in [0.4, 0.5) is 0 Å². The molecule has 0 spiro atoms. The average Bonchev–Trinajstić information content (AvgIpc) is 2.91. The van der Waals surface area contributed by atoms with Crippen molar-refractivity contribution in [2.75, 3.05) is 12.4 Å². The summed E-state index contributed by atoms with van der Waals surface area (Å²) < 4.78 is 4.93. The molecule has 4 radical (unpaired) electrons. The van der Waals surface area contributed by atoms with Gasteiger partial charge in [0.1, 0.15) is 0 Å². The summed E-state index contributed by atoms with van der Waals surface area (Å²) in [7, 11) is 0. The Balaban J connectivity index is -0.000000147. The van der Waals surface area contributed by atoms with Gasteiger partial charge in [0.15, 0.2) is 0 Å². The van der Waals surface area contributed by atoms with E-state index in [4.69, 9.17) is 17.4 Å². The van der Waals surface area contributed by atoms with Gasteiger partial charge in [0, 0.05) is 6.08 Å². The van der Waals surface area contributed by atoms with Crippen LogP contribution < -0.4 is 5.11 Å². The minimum absolute atomic E-state index is 0. The first-order chi connectivity index (χ1) is 17.8. The first-order valence-corrected chi connectivity index (χ1v) is 15.6. The fraction of sp³-hybridized carbons (Fsp3) is 0.812. The molecule has 6 heteroatoms. The standard InChI is InChI=1S/C12H20O4.C12H26S.2C4H9.Sn/c1-3-5-6-10(4-2)9-16-12(15)8-7-11(13)14;1-2-3-4-5-6-7-8-9-10-11-12-13;2*1-3-4-2;/h7-8,10H,3-6,9H2,1-2H3,(H,13,14);13H,2-12H2,1H3;2*1,3-4H2,2H3;/q;;;;+2/p-2/b8-7-;;;;. The molecule has 0 bridgehead atoms. The summed E-state index contributed by atoms with van der Waals surface area (Å²) in [5.41, 5.74) is 0. The maximum Gasteiger partial charge on any atom is 2.00 e. The molecule has 4 nitrogen and oxygen atoms in total. The van der Waals surface area contributed by atoms with Crippen LogP contribution in [-0.4, -0.2) is 48.2 Å². The predicted octanol–water partition coefficient (Wildman–Crippen LogP) is 8.37. The monoisotopic (exact) mass is 662 g/mol. The Bertz CT molecular complexity index is 441. The molecule has 0 aromatic heterocycles. The molecule has 0 aliphatic heterocycles. The van der Waals surface area contributed by atoms with Crippen molar-refractivity contribution in [3.05, 3.63) is 26.0 Å². The third-order valence-electron chi connectivity index (χ3n) is 5.57. The zero-order chi connectivity index (χ0) is 29.0. The van der Waals surface area contributed by atoms with E-state index in [9.17, 15) is 14.7 Å². The first-order valence-electron chi connectivity index (χ1n) is 15.1. The Hall–Kier alpha value is -0.171. The SMILES string of the molecule is CCCCC(CC)COC(=O)/C=C\C(=O)[O-].CCCCCCCCCCCC[S-].[CH2]CCC.[CH2]CCC.[Sn+2]. The Morgan fingerprint density at radius 2 is 1.16 bits per heavy atom. The quantitative estimate of drug-likeness (QED) is 0.0432. The number of aliphatic carboxylic acids is 1. The summed E-state index contributed by atoms with van der Waals surface area (Å²) in [5, 5.41) is 10.0. The fourth-order valence-electron chi connectivity index (χ4n) is 2.87. The van der Waals surface area contributed by atoms with E-state index in [2.05, 4.69) is 41.5 Å². The third kappa shape index (κ3) is 56.1. The molecule has 0 rings (SSSR count). The number of rotatable bonds is 20. The van der Waals surface area contributed by atoms with Gasteiger partial charge in [-0.3, -0.25) is 0 Å². The van der Waals surface area contributed by atoms with Crippen molar-refractivity contribution in [2.45, 2.75) is 150 Å². The van der Waals surface area contributed by atoms with Gasteiger partial charge in [0.05, 0.1) is 12.6 Å². The molecule has 0 heterocycles. The minimum atomic E-state index is -1.39. The van der Waals surface area contributed by atoms with Gasteiger partial charge in [-0.05, 0) is 18.4 Å². The molecule has 0 aliphatic carbocycles. The van der Waals surface area contributed by atoms with Gasteiger partial charge in [-0.25, -0.2) is 4.79 Å². The van der Waals surface area contributed by atoms with E-state index in [1.54, 1.807) is 0 Å². The molecule has 1 atom stereocenters. The topological polar surface area (TPSA) is 66.4 Å². The number of ether oxygens (including phenoxy) is 1. The summed E-state index contributed by atoms with van der Waals surface area (Å²) in [5.74, 6) is -0.703. The number of esters is 1. The average molecular weight is 662 g/mol. The smallest absolute Gasteiger partial charge is 0.793 e. The van der Waals surface area contributed by atoms with Crippen molar-refractivity contribution in [2.24, 2.45) is 5.92 Å². The van der Waals surface area contributed by atoms with E-state index in [1.165, 1.54) is 77.0 Å². The number of hydrogen-bond acceptors (Lipinski definition) is 5.